The number of halogens is 1. The Bertz CT molecular complexity index is 1080. The van der Waals surface area contributed by atoms with Crippen molar-refractivity contribution >= 4 is 29.1 Å². The highest BCUT2D eigenvalue weighted by Gasteiger charge is 2.29. The molecule has 1 aliphatic heterocycles. The molecule has 0 aliphatic carbocycles. The van der Waals surface area contributed by atoms with Gasteiger partial charge in [-0.1, -0.05) is 29.3 Å². The van der Waals surface area contributed by atoms with Crippen molar-refractivity contribution in [2.75, 3.05) is 18.4 Å². The normalized spacial score (nSPS) is 15.8. The third-order valence-corrected chi connectivity index (χ3v) is 5.80. The number of hydrogen-bond acceptors (Lipinski definition) is 3. The maximum Gasteiger partial charge on any atom is 0.253 e. The molecule has 0 saturated carbocycles. The molecule has 2 amide bonds. The van der Waals surface area contributed by atoms with E-state index in [0.717, 1.165) is 18.6 Å². The number of ether oxygens (including phenoxy) is 1. The second-order valence-electron chi connectivity index (χ2n) is 8.03. The third kappa shape index (κ3) is 5.48. The van der Waals surface area contributed by atoms with Crippen LogP contribution >= 0.6 is 11.6 Å². The number of nitrogens with one attached hydrogen (secondary N) is 1. The summed E-state index contributed by atoms with van der Waals surface area (Å²) >= 11 is 5.91. The summed E-state index contributed by atoms with van der Waals surface area (Å²) in [7, 11) is 0. The Balaban J connectivity index is 1.34. The first-order valence-electron chi connectivity index (χ1n) is 10.7. The molecule has 0 bridgehead atoms. The van der Waals surface area contributed by atoms with Gasteiger partial charge in [-0.3, -0.25) is 9.59 Å². The van der Waals surface area contributed by atoms with E-state index in [9.17, 15) is 9.59 Å². The minimum atomic E-state index is -0.247. The van der Waals surface area contributed by atoms with Crippen LogP contribution in [-0.4, -0.2) is 29.8 Å². The van der Waals surface area contributed by atoms with Crippen LogP contribution in [0.25, 0.3) is 0 Å². The van der Waals surface area contributed by atoms with E-state index in [1.807, 2.05) is 55.5 Å². The molecular weight excluding hydrogens is 424 g/mol. The van der Waals surface area contributed by atoms with Gasteiger partial charge in [-0.05, 0) is 80.4 Å². The smallest absolute Gasteiger partial charge is 0.253 e. The monoisotopic (exact) mass is 448 g/mol. The lowest BCUT2D eigenvalue weighted by molar-refractivity contribution is -0.121. The molecule has 1 saturated heterocycles. The molecule has 3 aromatic rings. The van der Waals surface area contributed by atoms with Gasteiger partial charge in [-0.2, -0.15) is 0 Å². The van der Waals surface area contributed by atoms with Gasteiger partial charge in [0.1, 0.15) is 11.5 Å². The Hall–Kier alpha value is -3.31. The molecular formula is C26H25ClN2O3. The molecule has 32 heavy (non-hydrogen) atoms. The maximum absolute atomic E-state index is 12.8. The number of anilines is 1. The van der Waals surface area contributed by atoms with Crippen LogP contribution in [0.3, 0.4) is 0 Å². The molecule has 3 aromatic carbocycles. The Morgan fingerprint density at radius 1 is 0.938 bits per heavy atom. The minimum absolute atomic E-state index is 0.0724. The average molecular weight is 449 g/mol. The van der Waals surface area contributed by atoms with E-state index in [-0.39, 0.29) is 17.7 Å². The molecule has 164 valence electrons. The van der Waals surface area contributed by atoms with E-state index in [4.69, 9.17) is 16.3 Å². The summed E-state index contributed by atoms with van der Waals surface area (Å²) in [6, 6.07) is 22.0. The highest BCUT2D eigenvalue weighted by atomic mass is 35.5. The number of likely N-dealkylation sites (tertiary alicyclic amines) is 1. The van der Waals surface area contributed by atoms with Crippen LogP contribution in [0.5, 0.6) is 11.5 Å². The van der Waals surface area contributed by atoms with Gasteiger partial charge in [0.05, 0.1) is 5.92 Å². The summed E-state index contributed by atoms with van der Waals surface area (Å²) in [6.45, 7) is 3.08. The zero-order chi connectivity index (χ0) is 22.5. The average Bonchev–Trinajstić information content (AvgIpc) is 2.82. The molecule has 6 heteroatoms. The summed E-state index contributed by atoms with van der Waals surface area (Å²) < 4.78 is 5.83. The molecule has 0 radical (unpaired) electrons. The van der Waals surface area contributed by atoms with Crippen LogP contribution in [0, 0.1) is 12.8 Å². The van der Waals surface area contributed by atoms with Gasteiger partial charge < -0.3 is 15.0 Å². The van der Waals surface area contributed by atoms with E-state index < -0.39 is 0 Å². The van der Waals surface area contributed by atoms with Crippen LogP contribution in [0.2, 0.25) is 5.02 Å². The highest BCUT2D eigenvalue weighted by Crippen LogP contribution is 2.25. The van der Waals surface area contributed by atoms with Crippen molar-refractivity contribution in [1.82, 2.24) is 4.90 Å². The Morgan fingerprint density at radius 3 is 2.22 bits per heavy atom. The van der Waals surface area contributed by atoms with Crippen molar-refractivity contribution in [2.45, 2.75) is 19.8 Å². The van der Waals surface area contributed by atoms with Crippen molar-refractivity contribution in [1.29, 1.82) is 0 Å². The van der Waals surface area contributed by atoms with Gasteiger partial charge in [0, 0.05) is 29.4 Å². The van der Waals surface area contributed by atoms with Crippen molar-refractivity contribution in [3.05, 3.63) is 88.9 Å². The maximum atomic E-state index is 12.8. The first-order valence-corrected chi connectivity index (χ1v) is 11.1. The fourth-order valence-corrected chi connectivity index (χ4v) is 3.87. The summed E-state index contributed by atoms with van der Waals surface area (Å²) in [4.78, 5) is 27.4. The lowest BCUT2D eigenvalue weighted by Gasteiger charge is -2.32. The lowest BCUT2D eigenvalue weighted by Crippen LogP contribution is -2.43. The summed E-state index contributed by atoms with van der Waals surface area (Å²) in [5.74, 6) is 1.07. The van der Waals surface area contributed by atoms with E-state index in [1.165, 1.54) is 5.56 Å². The van der Waals surface area contributed by atoms with Crippen LogP contribution in [0.4, 0.5) is 5.69 Å². The third-order valence-electron chi connectivity index (χ3n) is 5.55. The number of piperidine rings is 1. The van der Waals surface area contributed by atoms with Gasteiger partial charge in [0.15, 0.2) is 0 Å². The van der Waals surface area contributed by atoms with E-state index >= 15 is 0 Å². The molecule has 1 atom stereocenters. The van der Waals surface area contributed by atoms with Gasteiger partial charge >= 0.3 is 0 Å². The lowest BCUT2D eigenvalue weighted by atomic mass is 9.96. The number of nitrogens with zero attached hydrogens (tertiary/aromatic N) is 1. The summed E-state index contributed by atoms with van der Waals surface area (Å²) in [5.41, 5.74) is 2.46. The number of amides is 2. The largest absolute Gasteiger partial charge is 0.457 e. The molecule has 0 spiro atoms. The summed E-state index contributed by atoms with van der Waals surface area (Å²) in [6.07, 6.45) is 1.55. The first kappa shape index (κ1) is 21.9. The van der Waals surface area contributed by atoms with E-state index in [0.29, 0.717) is 35.1 Å². The predicted molar refractivity (Wildman–Crippen MR) is 126 cm³/mol. The minimum Gasteiger partial charge on any atom is -0.457 e. The van der Waals surface area contributed by atoms with Crippen LogP contribution in [-0.2, 0) is 4.79 Å². The van der Waals surface area contributed by atoms with Gasteiger partial charge in [0.2, 0.25) is 5.91 Å². The summed E-state index contributed by atoms with van der Waals surface area (Å²) in [5, 5.41) is 3.56. The molecule has 1 unspecified atom stereocenters. The molecule has 1 fully saturated rings. The van der Waals surface area contributed by atoms with Crippen LogP contribution in [0.1, 0.15) is 28.8 Å². The number of benzene rings is 3. The van der Waals surface area contributed by atoms with Crippen LogP contribution < -0.4 is 10.1 Å². The van der Waals surface area contributed by atoms with E-state index in [2.05, 4.69) is 5.32 Å². The van der Waals surface area contributed by atoms with Crippen LogP contribution in [0.15, 0.2) is 72.8 Å². The fourth-order valence-electron chi connectivity index (χ4n) is 3.74. The van der Waals surface area contributed by atoms with Crippen molar-refractivity contribution in [2.24, 2.45) is 5.92 Å². The van der Waals surface area contributed by atoms with E-state index in [1.54, 1.807) is 29.2 Å². The molecule has 1 N–H and O–H groups in total. The Morgan fingerprint density at radius 2 is 1.56 bits per heavy atom. The van der Waals surface area contributed by atoms with Gasteiger partial charge in [0.25, 0.3) is 5.91 Å². The Labute approximate surface area is 193 Å². The van der Waals surface area contributed by atoms with Gasteiger partial charge in [-0.15, -0.1) is 0 Å². The standard InChI is InChI=1S/C26H25ClN2O3/c1-18-4-12-23(13-5-18)32-24-14-10-22(11-15-24)28-25(30)20-3-2-16-29(17-20)26(31)19-6-8-21(27)9-7-19/h4-15,20H,2-3,16-17H2,1H3,(H,28,30). The second kappa shape index (κ2) is 9.88. The number of carbonyl (C=O) groups excluding carboxylic acids is 2. The molecule has 4 rings (SSSR count). The molecule has 5 nitrogen and oxygen atoms in total. The number of hydrogen-bond donors (Lipinski definition) is 1. The zero-order valence-electron chi connectivity index (χ0n) is 17.9. The zero-order valence-corrected chi connectivity index (χ0v) is 18.6. The van der Waals surface area contributed by atoms with Crippen molar-refractivity contribution in [3.63, 3.8) is 0 Å². The fraction of sp³-hybridized carbons (Fsp3) is 0.231. The van der Waals surface area contributed by atoms with Crippen molar-refractivity contribution < 1.29 is 14.3 Å². The number of aryl methyl sites for hydroxylation is 1. The molecule has 1 aliphatic rings. The number of rotatable bonds is 5. The topological polar surface area (TPSA) is 58.6 Å². The SMILES string of the molecule is Cc1ccc(Oc2ccc(NC(=O)C3CCCN(C(=O)c4ccc(Cl)cc4)C3)cc2)cc1. The molecule has 0 aromatic heterocycles. The molecule has 1 heterocycles. The van der Waals surface area contributed by atoms with Gasteiger partial charge in [-0.25, -0.2) is 0 Å². The highest BCUT2D eigenvalue weighted by molar-refractivity contribution is 6.30. The van der Waals surface area contributed by atoms with Crippen molar-refractivity contribution in [3.8, 4) is 11.5 Å². The second-order valence-corrected chi connectivity index (χ2v) is 8.46. The first-order chi connectivity index (χ1) is 15.5. The number of carbonyl (C=O) groups is 2. The quantitative estimate of drug-likeness (QED) is 0.526. The Kier molecular flexibility index (Phi) is 6.76. The predicted octanol–water partition coefficient (Wildman–Crippen LogP) is 5.93.